The molecule has 9 fully saturated rings. The number of ether oxygens (including phenoxy) is 5. The number of hydrogen-bond donors (Lipinski definition) is 2. The zero-order chi connectivity index (χ0) is 64.8. The molecule has 16 rings (SSSR count). The molecule has 14 nitrogen and oxygen atoms in total. The van der Waals surface area contributed by atoms with Crippen LogP contribution in [0.2, 0.25) is 0 Å². The SMILES string of the molecule is ClC[C@H]1CO1.N#CC(C[C@H]1CO1)c1ccccc1.N#CCc1ccccc1.N#C[C@]1(c2ccccc2)C[C@@H]1CO.O=C1OC[C@@H]2C[C@]12c1ccccc1.O=C1OC[C@H]2C[C@@]12c1ccccc1.[C-]#[N+]C(C[C@@H]1CO1)c1ccccc1.[C-]#[N+][C@@]1(c2ccccc2)C[C@H]1CO. The highest BCUT2D eigenvalue weighted by molar-refractivity contribution is 6.18. The minimum atomic E-state index is -0.407. The summed E-state index contributed by atoms with van der Waals surface area (Å²) < 4.78 is 25.0. The van der Waals surface area contributed by atoms with Crippen molar-refractivity contribution in [3.63, 3.8) is 0 Å². The van der Waals surface area contributed by atoms with Crippen LogP contribution in [0.5, 0.6) is 0 Å². The van der Waals surface area contributed by atoms with Gasteiger partial charge in [-0.3, -0.25) is 9.59 Å². The van der Waals surface area contributed by atoms with E-state index < -0.39 is 11.0 Å². The number of hydrogen-bond acceptors (Lipinski definition) is 12. The van der Waals surface area contributed by atoms with Gasteiger partial charge in [-0.15, -0.1) is 11.6 Å². The summed E-state index contributed by atoms with van der Waals surface area (Å²) in [6.07, 6.45) is 6.81. The number of rotatable bonds is 14. The quantitative estimate of drug-likeness (QED) is 0.0451. The average Bonchev–Trinajstić information content (AvgIpc) is 1.58. The minimum Gasteiger partial charge on any atom is -0.465 e. The van der Waals surface area contributed by atoms with Gasteiger partial charge in [-0.2, -0.15) is 15.8 Å². The van der Waals surface area contributed by atoms with Gasteiger partial charge in [0.25, 0.3) is 11.6 Å². The molecule has 0 radical (unpaired) electrons. The molecule has 2 N–H and O–H groups in total. The number of alkyl halides is 1. The summed E-state index contributed by atoms with van der Waals surface area (Å²) in [5.74, 6) is 1.79. The minimum absolute atomic E-state index is 0.00583. The van der Waals surface area contributed by atoms with Gasteiger partial charge in [0.15, 0.2) is 0 Å². The lowest BCUT2D eigenvalue weighted by molar-refractivity contribution is -0.143. The fourth-order valence-electron chi connectivity index (χ4n) is 11.9. The molecule has 2 unspecified atom stereocenters. The first kappa shape index (κ1) is 67.4. The highest BCUT2D eigenvalue weighted by Crippen LogP contribution is 2.60. The maximum atomic E-state index is 11.5. The molecule has 5 aliphatic heterocycles. The van der Waals surface area contributed by atoms with E-state index in [1.807, 2.05) is 212 Å². The number of halogens is 1. The Morgan fingerprint density at radius 3 is 1.25 bits per heavy atom. The van der Waals surface area contributed by atoms with Crippen molar-refractivity contribution in [2.75, 3.05) is 52.1 Å². The summed E-state index contributed by atoms with van der Waals surface area (Å²) in [4.78, 5) is 30.3. The van der Waals surface area contributed by atoms with E-state index in [4.69, 9.17) is 74.4 Å². The number of epoxide rings is 3. The van der Waals surface area contributed by atoms with Gasteiger partial charge >= 0.3 is 11.9 Å². The second-order valence-corrected chi connectivity index (χ2v) is 24.5. The number of cyclic esters (lactones) is 2. The number of fused-ring (bicyclic) bond motifs is 2. The largest absolute Gasteiger partial charge is 0.465 e. The molecule has 4 saturated carbocycles. The third-order valence-corrected chi connectivity index (χ3v) is 18.5. The van der Waals surface area contributed by atoms with E-state index >= 15 is 0 Å². The molecule has 0 amide bonds. The summed E-state index contributed by atoms with van der Waals surface area (Å²) in [5, 5.41) is 44.2. The fraction of sp³-hybridized carbons (Fsp3) is 0.364. The van der Waals surface area contributed by atoms with Crippen molar-refractivity contribution in [3.8, 4) is 18.2 Å². The Balaban J connectivity index is 0.000000125. The van der Waals surface area contributed by atoms with Crippen molar-refractivity contribution in [1.29, 1.82) is 15.8 Å². The van der Waals surface area contributed by atoms with E-state index in [0.717, 1.165) is 97.3 Å². The topological polar surface area (TPSA) is 211 Å². The van der Waals surface area contributed by atoms with Gasteiger partial charge in [-0.05, 0) is 53.5 Å². The van der Waals surface area contributed by atoms with Crippen LogP contribution in [-0.2, 0) is 61.5 Å². The van der Waals surface area contributed by atoms with E-state index in [1.165, 1.54) is 0 Å². The predicted molar refractivity (Wildman–Crippen MR) is 349 cm³/mol. The molecule has 15 heteroatoms. The number of nitriles is 3. The Kier molecular flexibility index (Phi) is 23.7. The Hall–Kier alpha value is -8.98. The summed E-state index contributed by atoms with van der Waals surface area (Å²) >= 11 is 5.27. The third-order valence-electron chi connectivity index (χ3n) is 18.1. The third kappa shape index (κ3) is 17.3. The number of aliphatic hydroxyl groups is 2. The van der Waals surface area contributed by atoms with Crippen LogP contribution in [0.4, 0.5) is 0 Å². The first-order chi connectivity index (χ1) is 45.0. The molecule has 7 aromatic rings. The van der Waals surface area contributed by atoms with Crippen molar-refractivity contribution in [2.24, 2.45) is 23.7 Å². The molecular formula is C77H76ClN5O9. The lowest BCUT2D eigenvalue weighted by Crippen LogP contribution is -2.18. The van der Waals surface area contributed by atoms with Crippen LogP contribution >= 0.6 is 11.6 Å². The molecular weight excluding hydrogens is 1170 g/mol. The molecule has 470 valence electrons. The molecule has 9 aliphatic rings. The van der Waals surface area contributed by atoms with Crippen LogP contribution in [0.3, 0.4) is 0 Å². The number of carbonyl (C=O) groups is 2. The Labute approximate surface area is 545 Å². The van der Waals surface area contributed by atoms with Gasteiger partial charge in [0.05, 0.1) is 123 Å². The summed E-state index contributed by atoms with van der Waals surface area (Å²) in [6, 6.07) is 75.6. The molecule has 13 atom stereocenters. The predicted octanol–water partition coefficient (Wildman–Crippen LogP) is 13.2. The Morgan fingerprint density at radius 1 is 0.511 bits per heavy atom. The summed E-state index contributed by atoms with van der Waals surface area (Å²) in [5.41, 5.74) is 6.33. The number of nitrogens with zero attached hydrogens (tertiary/aromatic N) is 5. The average molecular weight is 1250 g/mol. The van der Waals surface area contributed by atoms with Crippen molar-refractivity contribution in [1.82, 2.24) is 0 Å². The van der Waals surface area contributed by atoms with Crippen LogP contribution < -0.4 is 0 Å². The van der Waals surface area contributed by atoms with Crippen molar-refractivity contribution in [3.05, 3.63) is 274 Å². The van der Waals surface area contributed by atoms with E-state index in [9.17, 15) is 9.59 Å². The van der Waals surface area contributed by atoms with Crippen LogP contribution in [0.1, 0.15) is 89.4 Å². The Morgan fingerprint density at radius 2 is 0.924 bits per heavy atom. The second-order valence-electron chi connectivity index (χ2n) is 24.2. The monoisotopic (exact) mass is 1250 g/mol. The van der Waals surface area contributed by atoms with Crippen LogP contribution in [0, 0.1) is 70.8 Å². The lowest BCUT2D eigenvalue weighted by atomic mass is 9.95. The van der Waals surface area contributed by atoms with Crippen molar-refractivity contribution in [2.45, 2.75) is 97.0 Å². The smallest absolute Gasteiger partial charge is 0.317 e. The molecule has 5 heterocycles. The first-order valence-corrected chi connectivity index (χ1v) is 31.8. The van der Waals surface area contributed by atoms with E-state index in [2.05, 4.69) is 27.9 Å². The normalized spacial score (nSPS) is 27.6. The molecule has 0 spiro atoms. The van der Waals surface area contributed by atoms with Crippen molar-refractivity contribution < 1.29 is 43.5 Å². The maximum absolute atomic E-state index is 11.5. The van der Waals surface area contributed by atoms with Crippen LogP contribution in [-0.4, -0.2) is 92.6 Å². The van der Waals surface area contributed by atoms with Gasteiger partial charge in [-0.1, -0.05) is 212 Å². The number of aliphatic hydroxyl groups excluding tert-OH is 2. The summed E-state index contributed by atoms with van der Waals surface area (Å²) in [7, 11) is 0. The van der Waals surface area contributed by atoms with E-state index in [-0.39, 0.29) is 59.8 Å². The highest BCUT2D eigenvalue weighted by atomic mass is 35.5. The fourth-order valence-corrected chi connectivity index (χ4v) is 12.1. The van der Waals surface area contributed by atoms with Crippen molar-refractivity contribution >= 4 is 23.5 Å². The molecule has 4 aliphatic carbocycles. The summed E-state index contributed by atoms with van der Waals surface area (Å²) in [6.45, 7) is 18.2. The van der Waals surface area contributed by atoms with Gasteiger partial charge < -0.3 is 43.6 Å². The van der Waals surface area contributed by atoms with Crippen LogP contribution in [0.15, 0.2) is 212 Å². The van der Waals surface area contributed by atoms with Gasteiger partial charge in [-0.25, -0.2) is 13.1 Å². The number of esters is 2. The van der Waals surface area contributed by atoms with Gasteiger partial charge in [0.1, 0.15) is 0 Å². The van der Waals surface area contributed by atoms with Crippen LogP contribution in [0.25, 0.3) is 9.69 Å². The molecule has 0 aromatic heterocycles. The number of carbonyl (C=O) groups excluding carboxylic acids is 2. The molecule has 5 saturated heterocycles. The van der Waals surface area contributed by atoms with E-state index in [1.54, 1.807) is 0 Å². The van der Waals surface area contributed by atoms with Gasteiger partial charge in [0.2, 0.25) is 0 Å². The highest BCUT2D eigenvalue weighted by Gasteiger charge is 2.68. The zero-order valence-corrected chi connectivity index (χ0v) is 52.1. The first-order valence-electron chi connectivity index (χ1n) is 31.3. The Bertz CT molecular complexity index is 3470. The molecule has 7 aromatic carbocycles. The second kappa shape index (κ2) is 32.3. The number of benzene rings is 7. The zero-order valence-electron chi connectivity index (χ0n) is 51.4. The molecule has 92 heavy (non-hydrogen) atoms. The molecule has 0 bridgehead atoms. The lowest BCUT2D eigenvalue weighted by Gasteiger charge is -2.08. The van der Waals surface area contributed by atoms with Gasteiger partial charge in [0, 0.05) is 41.9 Å². The maximum Gasteiger partial charge on any atom is 0.317 e. The van der Waals surface area contributed by atoms with E-state index in [0.29, 0.717) is 55.7 Å². The standard InChI is InChI=1S/4C11H11NO.2C11H10O2.C8H7N.C3H5ClO/c1-12-11(7-10-8-13-10)9-5-3-2-4-6-9;1-12-11(7-10(11)8-13)9-5-3-2-4-6-9;12-8-11(6-10(11)7-13)9-4-2-1-3-5-9;12-7-10(6-11-8-13-11)9-4-2-1-3-5-9;2*12-10-11(6-9(11)7-13-10)8-4-2-1-3-5-8;9-7-6-8-4-2-1-3-5-8;4-1-3-2-5-3/h2-6,10-11H,7-8H2;2-6,10,13H,7-8H2;1-5,10,13H,6-7H2;1-5,10-11H,6,8H2;2*1-5,9H,6-7H2;1-5H,6H2;3H,1-2H2/t10-,11?;2*10-,11+;10?,11-;2*9-,11+;;3-/m101010.0/s1.